The van der Waals surface area contributed by atoms with E-state index in [2.05, 4.69) is 5.32 Å². The number of Topliss-reactive ketones (excluding diaryl/α,β-unsaturated/α-hetero) is 2. The van der Waals surface area contributed by atoms with Gasteiger partial charge in [-0.2, -0.15) is 0 Å². The van der Waals surface area contributed by atoms with Gasteiger partial charge >= 0.3 is 0 Å². The van der Waals surface area contributed by atoms with E-state index in [4.69, 9.17) is 0 Å². The molecule has 0 radical (unpaired) electrons. The molecule has 1 aromatic rings. The highest BCUT2D eigenvalue weighted by Gasteiger charge is 2.28. The summed E-state index contributed by atoms with van der Waals surface area (Å²) in [7, 11) is 0. The highest BCUT2D eigenvalue weighted by Crippen LogP contribution is 2.14. The van der Waals surface area contributed by atoms with Crippen LogP contribution in [0.4, 0.5) is 4.39 Å². The molecule has 1 N–H and O–H groups in total. The summed E-state index contributed by atoms with van der Waals surface area (Å²) < 4.78 is 13.6. The van der Waals surface area contributed by atoms with Crippen LogP contribution in [0, 0.1) is 12.7 Å². The zero-order chi connectivity index (χ0) is 14.0. The third kappa shape index (κ3) is 3.05. The fourth-order valence-electron chi connectivity index (χ4n) is 2.07. The maximum absolute atomic E-state index is 13.6. The summed E-state index contributed by atoms with van der Waals surface area (Å²) in [6.45, 7) is 1.72. The summed E-state index contributed by atoms with van der Waals surface area (Å²) in [5.74, 6) is -1.66. The summed E-state index contributed by atoms with van der Waals surface area (Å²) in [6, 6.07) is 3.59. The van der Waals surface area contributed by atoms with Gasteiger partial charge in [-0.3, -0.25) is 14.4 Å². The molecular formula is C14H14FNO3. The van der Waals surface area contributed by atoms with Crippen LogP contribution < -0.4 is 5.32 Å². The Morgan fingerprint density at radius 3 is 2.74 bits per heavy atom. The number of hydrogen-bond donors (Lipinski definition) is 1. The lowest BCUT2D eigenvalue weighted by Gasteiger charge is -2.21. The zero-order valence-electron chi connectivity index (χ0n) is 10.5. The predicted octanol–water partition coefficient (Wildman–Crippen LogP) is 1.55. The topological polar surface area (TPSA) is 63.2 Å². The Kier molecular flexibility index (Phi) is 3.74. The van der Waals surface area contributed by atoms with Crippen LogP contribution in [0.15, 0.2) is 18.2 Å². The Labute approximate surface area is 110 Å². The van der Waals surface area contributed by atoms with Crippen LogP contribution in [0.2, 0.25) is 0 Å². The number of carbonyl (C=O) groups excluding carboxylic acids is 3. The summed E-state index contributed by atoms with van der Waals surface area (Å²) in [5, 5.41) is 2.49. The second-order valence-corrected chi connectivity index (χ2v) is 4.73. The van der Waals surface area contributed by atoms with Crippen LogP contribution in [0.3, 0.4) is 0 Å². The third-order valence-electron chi connectivity index (χ3n) is 3.15. The molecule has 0 unspecified atom stereocenters. The van der Waals surface area contributed by atoms with Crippen molar-refractivity contribution < 1.29 is 18.8 Å². The Morgan fingerprint density at radius 2 is 2.11 bits per heavy atom. The second kappa shape index (κ2) is 5.30. The number of halogens is 1. The predicted molar refractivity (Wildman–Crippen MR) is 66.3 cm³/mol. The van der Waals surface area contributed by atoms with Crippen molar-refractivity contribution >= 4 is 17.5 Å². The van der Waals surface area contributed by atoms with E-state index in [-0.39, 0.29) is 36.4 Å². The highest BCUT2D eigenvalue weighted by atomic mass is 19.1. The van der Waals surface area contributed by atoms with E-state index in [1.54, 1.807) is 13.0 Å². The summed E-state index contributed by atoms with van der Waals surface area (Å²) >= 11 is 0. The number of nitrogens with one attached hydrogen (secondary N) is 1. The van der Waals surface area contributed by atoms with Gasteiger partial charge in [0.15, 0.2) is 5.78 Å². The average molecular weight is 263 g/mol. The number of aryl methyl sites for hydroxylation is 1. The first-order chi connectivity index (χ1) is 8.97. The van der Waals surface area contributed by atoms with Crippen LogP contribution in [-0.2, 0) is 9.59 Å². The lowest BCUT2D eigenvalue weighted by Crippen LogP contribution is -2.44. The lowest BCUT2D eigenvalue weighted by molar-refractivity contribution is -0.131. The van der Waals surface area contributed by atoms with Crippen molar-refractivity contribution in [1.82, 2.24) is 5.32 Å². The van der Waals surface area contributed by atoms with E-state index in [0.717, 1.165) is 0 Å². The van der Waals surface area contributed by atoms with Crippen LogP contribution in [0.25, 0.3) is 0 Å². The Balaban J connectivity index is 2.09. The minimum absolute atomic E-state index is 0.0877. The summed E-state index contributed by atoms with van der Waals surface area (Å²) in [4.78, 5) is 34.5. The molecule has 1 saturated carbocycles. The SMILES string of the molecule is Cc1ccc(C(=O)N[C@H]2CCC(=O)CC2=O)c(F)c1. The van der Waals surface area contributed by atoms with Crippen molar-refractivity contribution in [2.75, 3.05) is 0 Å². The van der Waals surface area contributed by atoms with Crippen molar-refractivity contribution in [3.05, 3.63) is 35.1 Å². The van der Waals surface area contributed by atoms with E-state index in [0.29, 0.717) is 5.56 Å². The lowest BCUT2D eigenvalue weighted by atomic mass is 9.93. The minimum Gasteiger partial charge on any atom is -0.342 e. The van der Waals surface area contributed by atoms with Gasteiger partial charge in [0.05, 0.1) is 18.0 Å². The third-order valence-corrected chi connectivity index (χ3v) is 3.15. The molecule has 0 aliphatic heterocycles. The molecular weight excluding hydrogens is 249 g/mol. The molecule has 4 nitrogen and oxygen atoms in total. The molecule has 0 heterocycles. The Bertz CT molecular complexity index is 554. The standard InChI is InChI=1S/C14H14FNO3/c1-8-2-4-10(11(15)6-8)14(19)16-12-5-3-9(17)7-13(12)18/h2,4,6,12H,3,5,7H2,1H3,(H,16,19)/t12-/m0/s1. The number of hydrogen-bond acceptors (Lipinski definition) is 3. The zero-order valence-corrected chi connectivity index (χ0v) is 10.5. The molecule has 1 amide bonds. The van der Waals surface area contributed by atoms with Gasteiger partial charge in [0.1, 0.15) is 11.6 Å². The molecule has 2 rings (SSSR count). The molecule has 0 bridgehead atoms. The van der Waals surface area contributed by atoms with Crippen LogP contribution in [0.1, 0.15) is 35.2 Å². The smallest absolute Gasteiger partial charge is 0.254 e. The van der Waals surface area contributed by atoms with Crippen molar-refractivity contribution in [3.8, 4) is 0 Å². The summed E-state index contributed by atoms with van der Waals surface area (Å²) in [6.07, 6.45) is 0.408. The van der Waals surface area contributed by atoms with Crippen LogP contribution in [-0.4, -0.2) is 23.5 Å². The van der Waals surface area contributed by atoms with E-state index >= 15 is 0 Å². The van der Waals surface area contributed by atoms with Gasteiger partial charge in [0, 0.05) is 6.42 Å². The van der Waals surface area contributed by atoms with E-state index in [1.807, 2.05) is 0 Å². The van der Waals surface area contributed by atoms with Crippen molar-refractivity contribution in [2.45, 2.75) is 32.2 Å². The average Bonchev–Trinajstić information content (AvgIpc) is 2.32. The van der Waals surface area contributed by atoms with Crippen molar-refractivity contribution in [1.29, 1.82) is 0 Å². The number of amides is 1. The van der Waals surface area contributed by atoms with Crippen LogP contribution in [0.5, 0.6) is 0 Å². The summed E-state index contributed by atoms with van der Waals surface area (Å²) in [5.41, 5.74) is 0.628. The number of ketones is 2. The maximum Gasteiger partial charge on any atom is 0.254 e. The molecule has 1 aliphatic carbocycles. The van der Waals surface area contributed by atoms with Gasteiger partial charge in [-0.1, -0.05) is 6.07 Å². The first-order valence-corrected chi connectivity index (χ1v) is 6.09. The van der Waals surface area contributed by atoms with Gasteiger partial charge in [-0.05, 0) is 31.0 Å². The Morgan fingerprint density at radius 1 is 1.37 bits per heavy atom. The Hall–Kier alpha value is -2.04. The largest absolute Gasteiger partial charge is 0.342 e. The number of benzene rings is 1. The van der Waals surface area contributed by atoms with Crippen molar-refractivity contribution in [3.63, 3.8) is 0 Å². The van der Waals surface area contributed by atoms with E-state index in [1.165, 1.54) is 12.1 Å². The normalized spacial score (nSPS) is 19.4. The highest BCUT2D eigenvalue weighted by molar-refractivity contribution is 6.06. The number of rotatable bonds is 2. The molecule has 100 valence electrons. The van der Waals surface area contributed by atoms with E-state index < -0.39 is 17.8 Å². The van der Waals surface area contributed by atoms with Gasteiger partial charge in [-0.15, -0.1) is 0 Å². The quantitative estimate of drug-likeness (QED) is 0.823. The maximum atomic E-state index is 13.6. The van der Waals surface area contributed by atoms with Gasteiger partial charge in [0.25, 0.3) is 5.91 Å². The van der Waals surface area contributed by atoms with Crippen molar-refractivity contribution in [2.24, 2.45) is 0 Å². The fraction of sp³-hybridized carbons (Fsp3) is 0.357. The van der Waals surface area contributed by atoms with Gasteiger partial charge in [0.2, 0.25) is 0 Å². The minimum atomic E-state index is -0.689. The van der Waals surface area contributed by atoms with Gasteiger partial charge in [-0.25, -0.2) is 4.39 Å². The number of carbonyl (C=O) groups is 3. The molecule has 0 saturated heterocycles. The molecule has 0 aromatic heterocycles. The molecule has 1 aromatic carbocycles. The van der Waals surface area contributed by atoms with Gasteiger partial charge < -0.3 is 5.32 Å². The molecule has 1 fully saturated rings. The van der Waals surface area contributed by atoms with Crippen LogP contribution >= 0.6 is 0 Å². The molecule has 0 spiro atoms. The second-order valence-electron chi connectivity index (χ2n) is 4.73. The molecule has 19 heavy (non-hydrogen) atoms. The molecule has 1 aliphatic rings. The molecule has 1 atom stereocenters. The van der Waals surface area contributed by atoms with E-state index in [9.17, 15) is 18.8 Å². The monoisotopic (exact) mass is 263 g/mol. The first kappa shape index (κ1) is 13.4. The molecule has 5 heteroatoms. The fourth-order valence-corrected chi connectivity index (χ4v) is 2.07. The first-order valence-electron chi connectivity index (χ1n) is 6.09.